The molecule has 2 amide bonds. The van der Waals surface area contributed by atoms with Crippen LogP contribution in [0.2, 0.25) is 0 Å². The minimum absolute atomic E-state index is 0.0322. The van der Waals surface area contributed by atoms with Gasteiger partial charge in [-0.1, -0.05) is 18.6 Å². The summed E-state index contributed by atoms with van der Waals surface area (Å²) in [5.41, 5.74) is 4.79. The van der Waals surface area contributed by atoms with Gasteiger partial charge < -0.3 is 5.32 Å². The van der Waals surface area contributed by atoms with Crippen LogP contribution >= 0.6 is 11.8 Å². The first kappa shape index (κ1) is 16.8. The number of carbonyl (C=O) groups is 2. The Morgan fingerprint density at radius 3 is 2.59 bits per heavy atom. The van der Waals surface area contributed by atoms with E-state index in [0.29, 0.717) is 5.75 Å². The van der Waals surface area contributed by atoms with E-state index in [-0.39, 0.29) is 17.6 Å². The van der Waals surface area contributed by atoms with Crippen molar-refractivity contribution in [2.24, 2.45) is 0 Å². The van der Waals surface area contributed by atoms with Crippen LogP contribution in [0.1, 0.15) is 24.8 Å². The van der Waals surface area contributed by atoms with Crippen molar-refractivity contribution in [2.45, 2.75) is 26.2 Å². The second kappa shape index (κ2) is 8.80. The van der Waals surface area contributed by atoms with Crippen LogP contribution in [0.3, 0.4) is 0 Å². The number of rotatable bonds is 6. The highest BCUT2D eigenvalue weighted by molar-refractivity contribution is 8.00. The molecule has 0 unspecified atom stereocenters. The molecule has 0 radical (unpaired) electrons. The topological polar surface area (TPSA) is 61.4 Å². The van der Waals surface area contributed by atoms with Crippen LogP contribution in [-0.2, 0) is 9.59 Å². The molecule has 0 atom stereocenters. The van der Waals surface area contributed by atoms with Gasteiger partial charge in [0.25, 0.3) is 0 Å². The van der Waals surface area contributed by atoms with Gasteiger partial charge in [-0.2, -0.15) is 0 Å². The van der Waals surface area contributed by atoms with Gasteiger partial charge in [-0.25, -0.2) is 5.01 Å². The highest BCUT2D eigenvalue weighted by atomic mass is 32.2. The van der Waals surface area contributed by atoms with Crippen LogP contribution in [0, 0.1) is 6.92 Å². The lowest BCUT2D eigenvalue weighted by atomic mass is 10.2. The number of amides is 2. The van der Waals surface area contributed by atoms with Crippen molar-refractivity contribution in [2.75, 3.05) is 29.9 Å². The van der Waals surface area contributed by atoms with Crippen LogP contribution in [0.15, 0.2) is 24.3 Å². The highest BCUT2D eigenvalue weighted by Gasteiger charge is 2.13. The SMILES string of the molecule is Cc1cccc(NC(=O)CSCC(=O)NN2CCCCC2)c1. The Balaban J connectivity index is 1.63. The molecule has 0 saturated carbocycles. The fraction of sp³-hybridized carbons (Fsp3) is 0.500. The molecule has 0 spiro atoms. The molecule has 1 aliphatic heterocycles. The van der Waals surface area contributed by atoms with E-state index < -0.39 is 0 Å². The molecule has 0 aromatic heterocycles. The van der Waals surface area contributed by atoms with E-state index in [1.165, 1.54) is 18.2 Å². The van der Waals surface area contributed by atoms with E-state index >= 15 is 0 Å². The molecule has 22 heavy (non-hydrogen) atoms. The van der Waals surface area contributed by atoms with Crippen LogP contribution in [-0.4, -0.2) is 41.4 Å². The summed E-state index contributed by atoms with van der Waals surface area (Å²) in [4.78, 5) is 23.6. The third-order valence-electron chi connectivity index (χ3n) is 3.41. The molecule has 1 heterocycles. The molecule has 1 fully saturated rings. The van der Waals surface area contributed by atoms with Gasteiger partial charge in [0.05, 0.1) is 11.5 Å². The maximum absolute atomic E-state index is 11.8. The zero-order chi connectivity index (χ0) is 15.8. The van der Waals surface area contributed by atoms with Gasteiger partial charge in [0.1, 0.15) is 0 Å². The Hall–Kier alpha value is -1.53. The van der Waals surface area contributed by atoms with Crippen molar-refractivity contribution in [1.29, 1.82) is 0 Å². The molecule has 0 bridgehead atoms. The smallest absolute Gasteiger partial charge is 0.244 e. The molecule has 1 aromatic carbocycles. The largest absolute Gasteiger partial charge is 0.325 e. The van der Waals surface area contributed by atoms with Crippen molar-refractivity contribution in [3.05, 3.63) is 29.8 Å². The molecular weight excluding hydrogens is 298 g/mol. The fourth-order valence-corrected chi connectivity index (χ4v) is 2.98. The second-order valence-electron chi connectivity index (χ2n) is 5.49. The molecule has 6 heteroatoms. The lowest BCUT2D eigenvalue weighted by Gasteiger charge is -2.26. The zero-order valence-electron chi connectivity index (χ0n) is 12.9. The molecule has 120 valence electrons. The summed E-state index contributed by atoms with van der Waals surface area (Å²) < 4.78 is 0. The van der Waals surface area contributed by atoms with E-state index in [0.717, 1.165) is 37.2 Å². The predicted octanol–water partition coefficient (Wildman–Crippen LogP) is 2.18. The first-order valence-electron chi connectivity index (χ1n) is 7.62. The van der Waals surface area contributed by atoms with Gasteiger partial charge in [0.15, 0.2) is 0 Å². The van der Waals surface area contributed by atoms with Crippen molar-refractivity contribution in [1.82, 2.24) is 10.4 Å². The number of hydrogen-bond donors (Lipinski definition) is 2. The number of anilines is 1. The van der Waals surface area contributed by atoms with E-state index in [1.807, 2.05) is 36.2 Å². The normalized spacial score (nSPS) is 15.3. The summed E-state index contributed by atoms with van der Waals surface area (Å²) >= 11 is 1.33. The summed E-state index contributed by atoms with van der Waals surface area (Å²) in [6.45, 7) is 3.82. The molecule has 1 aromatic rings. The van der Waals surface area contributed by atoms with Crippen molar-refractivity contribution in [3.8, 4) is 0 Å². The van der Waals surface area contributed by atoms with Gasteiger partial charge in [-0.3, -0.25) is 15.0 Å². The predicted molar refractivity (Wildman–Crippen MR) is 90.7 cm³/mol. The number of piperidine rings is 1. The van der Waals surface area contributed by atoms with Crippen molar-refractivity contribution >= 4 is 29.3 Å². The third-order valence-corrected chi connectivity index (χ3v) is 4.34. The van der Waals surface area contributed by atoms with Crippen molar-refractivity contribution < 1.29 is 9.59 Å². The second-order valence-corrected chi connectivity index (χ2v) is 6.48. The minimum Gasteiger partial charge on any atom is -0.325 e. The van der Waals surface area contributed by atoms with Crippen LogP contribution in [0.25, 0.3) is 0 Å². The zero-order valence-corrected chi connectivity index (χ0v) is 13.7. The Labute approximate surface area is 135 Å². The molecule has 1 aliphatic rings. The average molecular weight is 321 g/mol. The maximum Gasteiger partial charge on any atom is 0.244 e. The number of carbonyl (C=O) groups excluding carboxylic acids is 2. The lowest BCUT2D eigenvalue weighted by Crippen LogP contribution is -2.45. The number of aryl methyl sites for hydroxylation is 1. The van der Waals surface area contributed by atoms with Gasteiger partial charge >= 0.3 is 0 Å². The first-order chi connectivity index (χ1) is 10.6. The average Bonchev–Trinajstić information content (AvgIpc) is 2.48. The van der Waals surface area contributed by atoms with Gasteiger partial charge in [-0.15, -0.1) is 11.8 Å². The maximum atomic E-state index is 11.8. The number of thioether (sulfide) groups is 1. The number of nitrogens with one attached hydrogen (secondary N) is 2. The molecular formula is C16H23N3O2S. The number of hydrazine groups is 1. The third kappa shape index (κ3) is 6.07. The summed E-state index contributed by atoms with van der Waals surface area (Å²) in [5.74, 6) is 0.468. The van der Waals surface area contributed by atoms with Gasteiger partial charge in [0.2, 0.25) is 11.8 Å². The van der Waals surface area contributed by atoms with Crippen LogP contribution < -0.4 is 10.7 Å². The van der Waals surface area contributed by atoms with E-state index in [9.17, 15) is 9.59 Å². The fourth-order valence-electron chi connectivity index (χ4n) is 2.37. The molecule has 1 saturated heterocycles. The van der Waals surface area contributed by atoms with Crippen LogP contribution in [0.4, 0.5) is 5.69 Å². The Bertz CT molecular complexity index is 516. The Morgan fingerprint density at radius 1 is 1.14 bits per heavy atom. The standard InChI is InChI=1S/C16H23N3O2S/c1-13-6-5-7-14(10-13)17-15(20)11-22-12-16(21)18-19-8-3-2-4-9-19/h5-7,10H,2-4,8-9,11-12H2,1H3,(H,17,20)(H,18,21). The minimum atomic E-state index is -0.0821. The quantitative estimate of drug-likeness (QED) is 0.843. The lowest BCUT2D eigenvalue weighted by molar-refractivity contribution is -0.123. The summed E-state index contributed by atoms with van der Waals surface area (Å²) in [7, 11) is 0. The van der Waals surface area contributed by atoms with E-state index in [4.69, 9.17) is 0 Å². The Morgan fingerprint density at radius 2 is 1.86 bits per heavy atom. The monoisotopic (exact) mass is 321 g/mol. The van der Waals surface area contributed by atoms with Crippen molar-refractivity contribution in [3.63, 3.8) is 0 Å². The molecule has 5 nitrogen and oxygen atoms in total. The first-order valence-corrected chi connectivity index (χ1v) is 8.77. The van der Waals surface area contributed by atoms with E-state index in [2.05, 4.69) is 10.7 Å². The number of benzene rings is 1. The molecule has 2 rings (SSSR count). The highest BCUT2D eigenvalue weighted by Crippen LogP contribution is 2.11. The Kier molecular flexibility index (Phi) is 6.74. The molecule has 2 N–H and O–H groups in total. The summed E-state index contributed by atoms with van der Waals surface area (Å²) in [6, 6.07) is 7.67. The summed E-state index contributed by atoms with van der Waals surface area (Å²) in [5, 5.41) is 4.81. The number of nitrogens with zero attached hydrogens (tertiary/aromatic N) is 1. The van der Waals surface area contributed by atoms with Crippen LogP contribution in [0.5, 0.6) is 0 Å². The summed E-state index contributed by atoms with van der Waals surface area (Å²) in [6.07, 6.45) is 3.50. The van der Waals surface area contributed by atoms with Gasteiger partial charge in [0, 0.05) is 18.8 Å². The molecule has 0 aliphatic carbocycles. The number of hydrogen-bond acceptors (Lipinski definition) is 4. The van der Waals surface area contributed by atoms with E-state index in [1.54, 1.807) is 0 Å². The van der Waals surface area contributed by atoms with Gasteiger partial charge in [-0.05, 0) is 37.5 Å².